The van der Waals surface area contributed by atoms with Crippen LogP contribution in [0, 0.1) is 6.92 Å². The van der Waals surface area contributed by atoms with Crippen LogP contribution in [0.5, 0.6) is 0 Å². The highest BCUT2D eigenvalue weighted by Gasteiger charge is 2.26. The molecule has 1 aromatic rings. The van der Waals surface area contributed by atoms with Crippen LogP contribution < -0.4 is 4.72 Å². The summed E-state index contributed by atoms with van der Waals surface area (Å²) in [5.41, 5.74) is -0.573. The highest BCUT2D eigenvalue weighted by atomic mass is 32.2. The number of nitrogens with one attached hydrogen (secondary N) is 1. The smallest absolute Gasteiger partial charge is 0.335 e. The van der Waals surface area contributed by atoms with Gasteiger partial charge < -0.3 is 10.2 Å². The quantitative estimate of drug-likeness (QED) is 0.741. The van der Waals surface area contributed by atoms with Gasteiger partial charge in [0.1, 0.15) is 0 Å². The first-order chi connectivity index (χ1) is 8.59. The number of aromatic carboxylic acids is 1. The highest BCUT2D eigenvalue weighted by molar-refractivity contribution is 7.89. The number of carboxylic acids is 1. The number of benzene rings is 1. The van der Waals surface area contributed by atoms with E-state index in [9.17, 15) is 13.2 Å². The van der Waals surface area contributed by atoms with E-state index >= 15 is 0 Å². The van der Waals surface area contributed by atoms with E-state index in [1.807, 2.05) is 0 Å². The van der Waals surface area contributed by atoms with Crippen molar-refractivity contribution in [3.63, 3.8) is 0 Å². The zero-order valence-corrected chi connectivity index (χ0v) is 11.8. The van der Waals surface area contributed by atoms with E-state index in [-0.39, 0.29) is 17.1 Å². The number of hydrogen-bond acceptors (Lipinski definition) is 4. The summed E-state index contributed by atoms with van der Waals surface area (Å²) in [6.07, 6.45) is 0. The van der Waals surface area contributed by atoms with Gasteiger partial charge in [0, 0.05) is 0 Å². The van der Waals surface area contributed by atoms with Crippen molar-refractivity contribution in [1.29, 1.82) is 0 Å². The van der Waals surface area contributed by atoms with Gasteiger partial charge in [-0.3, -0.25) is 0 Å². The summed E-state index contributed by atoms with van der Waals surface area (Å²) in [7, 11) is -3.80. The normalized spacial score (nSPS) is 12.4. The van der Waals surface area contributed by atoms with Crippen LogP contribution in [-0.2, 0) is 10.0 Å². The van der Waals surface area contributed by atoms with Gasteiger partial charge in [0.15, 0.2) is 0 Å². The van der Waals surface area contributed by atoms with Gasteiger partial charge in [0.25, 0.3) is 0 Å². The first kappa shape index (κ1) is 15.6. The lowest BCUT2D eigenvalue weighted by Crippen LogP contribution is -2.46. The molecule has 106 valence electrons. The molecule has 7 heteroatoms. The molecule has 0 spiro atoms. The fraction of sp³-hybridized carbons (Fsp3) is 0.417. The van der Waals surface area contributed by atoms with E-state index in [0.717, 1.165) is 0 Å². The largest absolute Gasteiger partial charge is 0.478 e. The summed E-state index contributed by atoms with van der Waals surface area (Å²) < 4.78 is 26.5. The van der Waals surface area contributed by atoms with Gasteiger partial charge in [-0.05, 0) is 44.5 Å². The molecule has 0 aliphatic rings. The third-order valence-corrected chi connectivity index (χ3v) is 4.24. The van der Waals surface area contributed by atoms with Gasteiger partial charge in [-0.2, -0.15) is 0 Å². The molecule has 0 heterocycles. The van der Waals surface area contributed by atoms with E-state index in [2.05, 4.69) is 4.72 Å². The number of sulfonamides is 1. The van der Waals surface area contributed by atoms with E-state index in [1.54, 1.807) is 13.8 Å². The molecule has 1 rings (SSSR count). The number of hydrogen-bond donors (Lipinski definition) is 3. The molecule has 0 saturated heterocycles. The van der Waals surface area contributed by atoms with Gasteiger partial charge in [-0.1, -0.05) is 0 Å². The maximum absolute atomic E-state index is 12.1. The predicted molar refractivity (Wildman–Crippen MR) is 69.6 cm³/mol. The predicted octanol–water partition coefficient (Wildman–Crippen LogP) is 0.742. The van der Waals surface area contributed by atoms with E-state index < -0.39 is 21.5 Å². The summed E-state index contributed by atoms with van der Waals surface area (Å²) in [5, 5.41) is 18.0. The number of carboxylic acid groups (broad SMARTS) is 1. The molecule has 0 aliphatic carbocycles. The minimum atomic E-state index is -3.80. The fourth-order valence-corrected chi connectivity index (χ4v) is 2.99. The molecule has 0 aromatic heterocycles. The summed E-state index contributed by atoms with van der Waals surface area (Å²) in [6.45, 7) is 4.27. The van der Waals surface area contributed by atoms with Gasteiger partial charge >= 0.3 is 5.97 Å². The van der Waals surface area contributed by atoms with Crippen molar-refractivity contribution >= 4 is 16.0 Å². The lowest BCUT2D eigenvalue weighted by molar-refractivity contribution is 0.0696. The summed E-state index contributed by atoms with van der Waals surface area (Å²) >= 11 is 0. The SMILES string of the molecule is Cc1cc(S(=O)(=O)NC(C)(C)CO)ccc1C(=O)O. The van der Waals surface area contributed by atoms with Crippen molar-refractivity contribution in [1.82, 2.24) is 4.72 Å². The van der Waals surface area contributed by atoms with Crippen molar-refractivity contribution in [2.75, 3.05) is 6.61 Å². The average molecular weight is 287 g/mol. The Morgan fingerprint density at radius 2 is 1.95 bits per heavy atom. The zero-order valence-electron chi connectivity index (χ0n) is 11.0. The number of aliphatic hydroxyl groups excluding tert-OH is 1. The van der Waals surface area contributed by atoms with Crippen LogP contribution in [0.25, 0.3) is 0 Å². The Kier molecular flexibility index (Phi) is 4.34. The van der Waals surface area contributed by atoms with Crippen LogP contribution in [0.4, 0.5) is 0 Å². The van der Waals surface area contributed by atoms with Crippen LogP contribution in [0.1, 0.15) is 29.8 Å². The van der Waals surface area contributed by atoms with E-state index in [1.165, 1.54) is 25.1 Å². The molecular formula is C12H17NO5S. The Labute approximate surface area is 112 Å². The number of carbonyl (C=O) groups is 1. The molecule has 0 aliphatic heterocycles. The Bertz CT molecular complexity index is 592. The lowest BCUT2D eigenvalue weighted by Gasteiger charge is -2.23. The van der Waals surface area contributed by atoms with Crippen molar-refractivity contribution in [2.24, 2.45) is 0 Å². The maximum Gasteiger partial charge on any atom is 0.335 e. The summed E-state index contributed by atoms with van der Waals surface area (Å²) in [5.74, 6) is -1.11. The van der Waals surface area contributed by atoms with Crippen molar-refractivity contribution in [3.05, 3.63) is 29.3 Å². The van der Waals surface area contributed by atoms with Gasteiger partial charge in [0.05, 0.1) is 22.6 Å². The van der Waals surface area contributed by atoms with Gasteiger partial charge in [-0.15, -0.1) is 0 Å². The maximum atomic E-state index is 12.1. The fourth-order valence-electron chi connectivity index (χ4n) is 1.50. The molecule has 1 aromatic carbocycles. The van der Waals surface area contributed by atoms with Crippen molar-refractivity contribution in [3.8, 4) is 0 Å². The Morgan fingerprint density at radius 3 is 2.37 bits per heavy atom. The average Bonchev–Trinajstić information content (AvgIpc) is 2.27. The minimum absolute atomic E-state index is 0.0310. The molecular weight excluding hydrogens is 270 g/mol. The second-order valence-electron chi connectivity index (χ2n) is 4.93. The Balaban J connectivity index is 3.17. The first-order valence-corrected chi connectivity index (χ1v) is 7.06. The summed E-state index contributed by atoms with van der Waals surface area (Å²) in [6, 6.07) is 3.77. The van der Waals surface area contributed by atoms with Crippen molar-refractivity contribution in [2.45, 2.75) is 31.2 Å². The molecule has 0 fully saturated rings. The van der Waals surface area contributed by atoms with Crippen LogP contribution in [0.3, 0.4) is 0 Å². The molecule has 0 atom stereocenters. The standard InChI is InChI=1S/C12H17NO5S/c1-8-6-9(4-5-10(8)11(15)16)19(17,18)13-12(2,3)7-14/h4-6,13-14H,7H2,1-3H3,(H,15,16). The summed E-state index contributed by atoms with van der Waals surface area (Å²) in [4.78, 5) is 10.8. The molecule has 0 amide bonds. The second-order valence-corrected chi connectivity index (χ2v) is 6.61. The zero-order chi connectivity index (χ0) is 14.8. The minimum Gasteiger partial charge on any atom is -0.478 e. The Morgan fingerprint density at radius 1 is 1.37 bits per heavy atom. The first-order valence-electron chi connectivity index (χ1n) is 5.58. The van der Waals surface area contributed by atoms with E-state index in [0.29, 0.717) is 5.56 Å². The molecule has 19 heavy (non-hydrogen) atoms. The van der Waals surface area contributed by atoms with Crippen LogP contribution >= 0.6 is 0 Å². The molecule has 0 radical (unpaired) electrons. The van der Waals surface area contributed by atoms with Crippen molar-refractivity contribution < 1.29 is 23.4 Å². The third-order valence-electron chi connectivity index (χ3n) is 2.54. The molecule has 0 saturated carbocycles. The number of rotatable bonds is 5. The number of aliphatic hydroxyl groups is 1. The topological polar surface area (TPSA) is 104 Å². The third kappa shape index (κ3) is 3.76. The monoisotopic (exact) mass is 287 g/mol. The van der Waals surface area contributed by atoms with Gasteiger partial charge in [-0.25, -0.2) is 17.9 Å². The molecule has 0 bridgehead atoms. The lowest BCUT2D eigenvalue weighted by atomic mass is 10.1. The van der Waals surface area contributed by atoms with Crippen LogP contribution in [0.2, 0.25) is 0 Å². The van der Waals surface area contributed by atoms with E-state index in [4.69, 9.17) is 10.2 Å². The van der Waals surface area contributed by atoms with Crippen LogP contribution in [0.15, 0.2) is 23.1 Å². The number of aryl methyl sites for hydroxylation is 1. The molecule has 3 N–H and O–H groups in total. The Hall–Kier alpha value is -1.44. The molecule has 6 nitrogen and oxygen atoms in total. The second kappa shape index (κ2) is 5.28. The molecule has 0 unspecified atom stereocenters. The highest BCUT2D eigenvalue weighted by Crippen LogP contribution is 2.17. The van der Waals surface area contributed by atoms with Crippen LogP contribution in [-0.4, -0.2) is 36.7 Å². The van der Waals surface area contributed by atoms with Gasteiger partial charge in [0.2, 0.25) is 10.0 Å².